The SMILES string of the molecule is CCNC(Cc1ccsc1)c1ccc(Cl)cc1C. The van der Waals surface area contributed by atoms with Gasteiger partial charge in [0, 0.05) is 11.1 Å². The molecular weight excluding hydrogens is 262 g/mol. The van der Waals surface area contributed by atoms with Crippen molar-refractivity contribution in [1.82, 2.24) is 5.32 Å². The van der Waals surface area contributed by atoms with E-state index in [1.807, 2.05) is 12.1 Å². The minimum absolute atomic E-state index is 0.363. The lowest BCUT2D eigenvalue weighted by molar-refractivity contribution is 0.548. The van der Waals surface area contributed by atoms with E-state index in [0.29, 0.717) is 6.04 Å². The van der Waals surface area contributed by atoms with Crippen LogP contribution in [0.5, 0.6) is 0 Å². The average Bonchev–Trinajstić information content (AvgIpc) is 2.81. The molecule has 2 rings (SSSR count). The molecule has 0 saturated heterocycles. The topological polar surface area (TPSA) is 12.0 Å². The average molecular weight is 280 g/mol. The van der Waals surface area contributed by atoms with Gasteiger partial charge in [-0.15, -0.1) is 0 Å². The fourth-order valence-electron chi connectivity index (χ4n) is 2.21. The number of rotatable bonds is 5. The van der Waals surface area contributed by atoms with Crippen LogP contribution in [0.25, 0.3) is 0 Å². The van der Waals surface area contributed by atoms with Gasteiger partial charge in [-0.3, -0.25) is 0 Å². The van der Waals surface area contributed by atoms with Crippen LogP contribution >= 0.6 is 22.9 Å². The Morgan fingerprint density at radius 1 is 1.33 bits per heavy atom. The summed E-state index contributed by atoms with van der Waals surface area (Å²) in [5.41, 5.74) is 3.98. The molecule has 0 bridgehead atoms. The number of nitrogens with one attached hydrogen (secondary N) is 1. The number of benzene rings is 1. The highest BCUT2D eigenvalue weighted by molar-refractivity contribution is 7.07. The van der Waals surface area contributed by atoms with Crippen molar-refractivity contribution in [2.75, 3.05) is 6.54 Å². The van der Waals surface area contributed by atoms with E-state index < -0.39 is 0 Å². The Bertz CT molecular complexity index is 493. The first-order chi connectivity index (χ1) is 8.70. The van der Waals surface area contributed by atoms with Crippen LogP contribution < -0.4 is 5.32 Å². The van der Waals surface area contributed by atoms with Crippen molar-refractivity contribution in [2.45, 2.75) is 26.3 Å². The molecule has 1 aromatic heterocycles. The van der Waals surface area contributed by atoms with E-state index in [1.165, 1.54) is 16.7 Å². The summed E-state index contributed by atoms with van der Waals surface area (Å²) < 4.78 is 0. The Morgan fingerprint density at radius 3 is 2.78 bits per heavy atom. The fraction of sp³-hybridized carbons (Fsp3) is 0.333. The summed E-state index contributed by atoms with van der Waals surface area (Å²) in [4.78, 5) is 0. The molecule has 1 nitrogen and oxygen atoms in total. The van der Waals surface area contributed by atoms with Crippen LogP contribution in [0.4, 0.5) is 0 Å². The van der Waals surface area contributed by atoms with Crippen molar-refractivity contribution in [1.29, 1.82) is 0 Å². The molecule has 0 saturated carbocycles. The number of hydrogen-bond acceptors (Lipinski definition) is 2. The molecule has 0 radical (unpaired) electrons. The summed E-state index contributed by atoms with van der Waals surface area (Å²) in [7, 11) is 0. The Kier molecular flexibility index (Phi) is 4.81. The zero-order chi connectivity index (χ0) is 13.0. The van der Waals surface area contributed by atoms with Gasteiger partial charge in [0.1, 0.15) is 0 Å². The van der Waals surface area contributed by atoms with E-state index in [0.717, 1.165) is 18.0 Å². The first kappa shape index (κ1) is 13.6. The van der Waals surface area contributed by atoms with Crippen LogP contribution in [0.2, 0.25) is 5.02 Å². The van der Waals surface area contributed by atoms with Gasteiger partial charge in [0.2, 0.25) is 0 Å². The van der Waals surface area contributed by atoms with Crippen LogP contribution in [0.1, 0.15) is 29.7 Å². The maximum absolute atomic E-state index is 6.02. The van der Waals surface area contributed by atoms with Gasteiger partial charge in [0.25, 0.3) is 0 Å². The normalized spacial score (nSPS) is 12.6. The zero-order valence-electron chi connectivity index (χ0n) is 10.7. The second-order valence-electron chi connectivity index (χ2n) is 4.45. The molecule has 3 heteroatoms. The minimum Gasteiger partial charge on any atom is -0.310 e. The lowest BCUT2D eigenvalue weighted by Crippen LogP contribution is -2.23. The zero-order valence-corrected chi connectivity index (χ0v) is 12.3. The van der Waals surface area contributed by atoms with Gasteiger partial charge in [-0.1, -0.05) is 24.6 Å². The Morgan fingerprint density at radius 2 is 2.17 bits per heavy atom. The molecule has 2 aromatic rings. The predicted octanol–water partition coefficient (Wildman–Crippen LogP) is 4.60. The van der Waals surface area contributed by atoms with E-state index in [4.69, 9.17) is 11.6 Å². The molecule has 18 heavy (non-hydrogen) atoms. The highest BCUT2D eigenvalue weighted by Gasteiger charge is 2.13. The summed E-state index contributed by atoms with van der Waals surface area (Å²) in [6, 6.07) is 8.70. The Balaban J connectivity index is 2.23. The third-order valence-electron chi connectivity index (χ3n) is 3.08. The van der Waals surface area contributed by atoms with Gasteiger partial charge in [-0.05, 0) is 65.5 Å². The molecule has 1 N–H and O–H groups in total. The molecule has 1 heterocycles. The Hall–Kier alpha value is -0.830. The van der Waals surface area contributed by atoms with Crippen LogP contribution in [-0.2, 0) is 6.42 Å². The molecule has 0 aliphatic carbocycles. The van der Waals surface area contributed by atoms with Gasteiger partial charge >= 0.3 is 0 Å². The fourth-order valence-corrected chi connectivity index (χ4v) is 3.12. The van der Waals surface area contributed by atoms with Crippen LogP contribution in [0, 0.1) is 6.92 Å². The maximum Gasteiger partial charge on any atom is 0.0408 e. The predicted molar refractivity (Wildman–Crippen MR) is 80.6 cm³/mol. The summed E-state index contributed by atoms with van der Waals surface area (Å²) >= 11 is 7.78. The third kappa shape index (κ3) is 3.35. The molecule has 0 spiro atoms. The van der Waals surface area contributed by atoms with E-state index >= 15 is 0 Å². The van der Waals surface area contributed by atoms with E-state index in [-0.39, 0.29) is 0 Å². The molecule has 0 amide bonds. The van der Waals surface area contributed by atoms with Crippen molar-refractivity contribution in [3.63, 3.8) is 0 Å². The van der Waals surface area contributed by atoms with Crippen molar-refractivity contribution < 1.29 is 0 Å². The monoisotopic (exact) mass is 279 g/mol. The summed E-state index contributed by atoms with van der Waals surface area (Å²) in [5.74, 6) is 0. The first-order valence-corrected chi connectivity index (χ1v) is 7.53. The highest BCUT2D eigenvalue weighted by atomic mass is 35.5. The van der Waals surface area contributed by atoms with Crippen LogP contribution in [0.3, 0.4) is 0 Å². The maximum atomic E-state index is 6.02. The Labute approximate surface area is 118 Å². The summed E-state index contributed by atoms with van der Waals surface area (Å²) in [6.07, 6.45) is 1.03. The molecule has 0 aliphatic heterocycles. The minimum atomic E-state index is 0.363. The molecule has 0 aliphatic rings. The van der Waals surface area contributed by atoms with Gasteiger partial charge in [0.15, 0.2) is 0 Å². The molecule has 1 atom stereocenters. The van der Waals surface area contributed by atoms with E-state index in [1.54, 1.807) is 11.3 Å². The summed E-state index contributed by atoms with van der Waals surface area (Å²) in [6.45, 7) is 5.24. The number of halogens is 1. The molecule has 1 aromatic carbocycles. The second kappa shape index (κ2) is 6.37. The van der Waals surface area contributed by atoms with Gasteiger partial charge in [0.05, 0.1) is 0 Å². The van der Waals surface area contributed by atoms with E-state index in [2.05, 4.69) is 42.1 Å². The van der Waals surface area contributed by atoms with Crippen molar-refractivity contribution in [2.24, 2.45) is 0 Å². The number of thiophene rings is 1. The van der Waals surface area contributed by atoms with Gasteiger partial charge in [-0.2, -0.15) is 11.3 Å². The lowest BCUT2D eigenvalue weighted by Gasteiger charge is -2.20. The van der Waals surface area contributed by atoms with Gasteiger partial charge in [-0.25, -0.2) is 0 Å². The number of likely N-dealkylation sites (N-methyl/N-ethyl adjacent to an activating group) is 1. The van der Waals surface area contributed by atoms with Crippen molar-refractivity contribution in [3.8, 4) is 0 Å². The third-order valence-corrected chi connectivity index (χ3v) is 4.04. The number of hydrogen-bond donors (Lipinski definition) is 1. The standard InChI is InChI=1S/C15H18ClNS/c1-3-17-15(9-12-6-7-18-10-12)14-5-4-13(16)8-11(14)2/h4-8,10,15,17H,3,9H2,1-2H3. The summed E-state index contributed by atoms with van der Waals surface area (Å²) in [5, 5.41) is 8.72. The second-order valence-corrected chi connectivity index (χ2v) is 5.66. The van der Waals surface area contributed by atoms with Crippen molar-refractivity contribution in [3.05, 3.63) is 56.7 Å². The highest BCUT2D eigenvalue weighted by Crippen LogP contribution is 2.25. The first-order valence-electron chi connectivity index (χ1n) is 6.21. The molecule has 1 unspecified atom stereocenters. The van der Waals surface area contributed by atoms with E-state index in [9.17, 15) is 0 Å². The van der Waals surface area contributed by atoms with Gasteiger partial charge < -0.3 is 5.32 Å². The van der Waals surface area contributed by atoms with Crippen LogP contribution in [0.15, 0.2) is 35.0 Å². The molecule has 96 valence electrons. The lowest BCUT2D eigenvalue weighted by atomic mass is 9.96. The van der Waals surface area contributed by atoms with Crippen molar-refractivity contribution >= 4 is 22.9 Å². The largest absolute Gasteiger partial charge is 0.310 e. The molecule has 0 fully saturated rings. The smallest absolute Gasteiger partial charge is 0.0408 e. The quantitative estimate of drug-likeness (QED) is 0.843. The molecular formula is C15H18ClNS. The van der Waals surface area contributed by atoms with Crippen LogP contribution in [-0.4, -0.2) is 6.54 Å². The number of aryl methyl sites for hydroxylation is 1.